The van der Waals surface area contributed by atoms with Crippen LogP contribution < -0.4 is 0 Å². The van der Waals surface area contributed by atoms with Gasteiger partial charge in [-0.05, 0) is 24.6 Å². The number of nitrogens with zero attached hydrogens (tertiary/aromatic N) is 2. The van der Waals surface area contributed by atoms with Crippen molar-refractivity contribution in [1.29, 1.82) is 0 Å². The number of benzene rings is 1. The predicted octanol–water partition coefficient (Wildman–Crippen LogP) is 3.76. The fraction of sp³-hybridized carbons (Fsp3) is 0.222. The number of hydrogen-bond acceptors (Lipinski definition) is 2. The summed E-state index contributed by atoms with van der Waals surface area (Å²) in [6.45, 7) is 2.14. The van der Waals surface area contributed by atoms with Gasteiger partial charge < -0.3 is 4.57 Å². The summed E-state index contributed by atoms with van der Waals surface area (Å²) in [5.41, 5.74) is 3.75. The highest BCUT2D eigenvalue weighted by Crippen LogP contribution is 2.28. The van der Waals surface area contributed by atoms with Gasteiger partial charge in [-0.1, -0.05) is 31.5 Å². The second-order valence-electron chi connectivity index (χ2n) is 5.21. The third kappa shape index (κ3) is 2.25. The molecule has 3 heteroatoms. The van der Waals surface area contributed by atoms with Gasteiger partial charge in [-0.25, -0.2) is 0 Å². The monoisotopic (exact) mass is 278 g/mol. The van der Waals surface area contributed by atoms with Crippen LogP contribution in [0.5, 0.6) is 0 Å². The van der Waals surface area contributed by atoms with Crippen molar-refractivity contribution in [3.63, 3.8) is 0 Å². The number of aromatic nitrogens is 2. The minimum atomic E-state index is 0.0812. The van der Waals surface area contributed by atoms with Gasteiger partial charge in [-0.2, -0.15) is 0 Å². The highest BCUT2D eigenvalue weighted by Gasteiger charge is 2.21. The Hall–Kier alpha value is -2.42. The van der Waals surface area contributed by atoms with Crippen molar-refractivity contribution in [3.8, 4) is 0 Å². The summed E-state index contributed by atoms with van der Waals surface area (Å²) >= 11 is 0. The van der Waals surface area contributed by atoms with E-state index in [9.17, 15) is 4.79 Å². The molecule has 0 amide bonds. The molecule has 0 atom stereocenters. The van der Waals surface area contributed by atoms with Crippen molar-refractivity contribution in [2.75, 3.05) is 0 Å². The van der Waals surface area contributed by atoms with Crippen molar-refractivity contribution in [3.05, 3.63) is 65.6 Å². The zero-order valence-electron chi connectivity index (χ0n) is 12.3. The summed E-state index contributed by atoms with van der Waals surface area (Å²) in [4.78, 5) is 16.9. The van der Waals surface area contributed by atoms with Crippen molar-refractivity contribution < 1.29 is 4.79 Å². The highest BCUT2D eigenvalue weighted by atomic mass is 16.1. The molecule has 0 bridgehead atoms. The zero-order chi connectivity index (χ0) is 14.8. The van der Waals surface area contributed by atoms with Gasteiger partial charge in [0.05, 0.1) is 5.56 Å². The van der Waals surface area contributed by atoms with E-state index in [1.807, 2.05) is 25.2 Å². The van der Waals surface area contributed by atoms with Crippen LogP contribution in [-0.2, 0) is 13.5 Å². The molecular formula is C18H18N2O. The Bertz CT molecular complexity index is 788. The SMILES string of the molecule is CCCc1c(C(=O)c2ccncc2)c2ccccc2n1C. The topological polar surface area (TPSA) is 34.9 Å². The van der Waals surface area contributed by atoms with E-state index < -0.39 is 0 Å². The molecule has 0 fully saturated rings. The van der Waals surface area contributed by atoms with Gasteiger partial charge in [-0.3, -0.25) is 9.78 Å². The van der Waals surface area contributed by atoms with Gasteiger partial charge in [0.25, 0.3) is 0 Å². The number of rotatable bonds is 4. The summed E-state index contributed by atoms with van der Waals surface area (Å²) in [5.74, 6) is 0.0812. The molecule has 0 spiro atoms. The van der Waals surface area contributed by atoms with Gasteiger partial charge in [0.15, 0.2) is 5.78 Å². The lowest BCUT2D eigenvalue weighted by Crippen LogP contribution is -2.06. The lowest BCUT2D eigenvalue weighted by Gasteiger charge is -2.06. The van der Waals surface area contributed by atoms with Crippen molar-refractivity contribution >= 4 is 16.7 Å². The van der Waals surface area contributed by atoms with Gasteiger partial charge in [-0.15, -0.1) is 0 Å². The van der Waals surface area contributed by atoms with E-state index in [4.69, 9.17) is 0 Å². The Kier molecular flexibility index (Phi) is 3.57. The molecule has 0 N–H and O–H groups in total. The van der Waals surface area contributed by atoms with Crippen molar-refractivity contribution in [1.82, 2.24) is 9.55 Å². The molecule has 106 valence electrons. The number of hydrogen-bond donors (Lipinski definition) is 0. The summed E-state index contributed by atoms with van der Waals surface area (Å²) in [5, 5.41) is 1.03. The maximum absolute atomic E-state index is 12.9. The van der Waals surface area contributed by atoms with Crippen molar-refractivity contribution in [2.45, 2.75) is 19.8 Å². The first-order valence-corrected chi connectivity index (χ1v) is 7.25. The number of pyridine rings is 1. The molecular weight excluding hydrogens is 260 g/mol. The van der Waals surface area contributed by atoms with E-state index in [1.54, 1.807) is 24.5 Å². The van der Waals surface area contributed by atoms with E-state index in [0.717, 1.165) is 35.0 Å². The second-order valence-corrected chi connectivity index (χ2v) is 5.21. The Morgan fingerprint density at radius 2 is 1.86 bits per heavy atom. The molecule has 0 aliphatic rings. The molecule has 2 heterocycles. The van der Waals surface area contributed by atoms with Crippen LogP contribution in [0.15, 0.2) is 48.8 Å². The smallest absolute Gasteiger partial charge is 0.195 e. The first kappa shape index (κ1) is 13.6. The Morgan fingerprint density at radius 3 is 2.57 bits per heavy atom. The number of para-hydroxylation sites is 1. The number of fused-ring (bicyclic) bond motifs is 1. The highest BCUT2D eigenvalue weighted by molar-refractivity contribution is 6.17. The molecule has 21 heavy (non-hydrogen) atoms. The third-order valence-corrected chi connectivity index (χ3v) is 3.88. The van der Waals surface area contributed by atoms with Crippen LogP contribution in [0.1, 0.15) is 35.0 Å². The first-order valence-electron chi connectivity index (χ1n) is 7.25. The lowest BCUT2D eigenvalue weighted by molar-refractivity contribution is 0.103. The Morgan fingerprint density at radius 1 is 1.14 bits per heavy atom. The Labute approximate surface area is 124 Å². The zero-order valence-corrected chi connectivity index (χ0v) is 12.3. The van der Waals surface area contributed by atoms with E-state index in [0.29, 0.717) is 5.56 Å². The van der Waals surface area contributed by atoms with Crippen LogP contribution >= 0.6 is 0 Å². The van der Waals surface area contributed by atoms with Crippen LogP contribution in [0.4, 0.5) is 0 Å². The van der Waals surface area contributed by atoms with Crippen LogP contribution in [-0.4, -0.2) is 15.3 Å². The molecule has 0 saturated carbocycles. The molecule has 2 aromatic heterocycles. The number of ketones is 1. The van der Waals surface area contributed by atoms with Crippen LogP contribution in [0, 0.1) is 0 Å². The first-order chi connectivity index (χ1) is 10.2. The maximum Gasteiger partial charge on any atom is 0.195 e. The van der Waals surface area contributed by atoms with Crippen LogP contribution in [0.2, 0.25) is 0 Å². The minimum Gasteiger partial charge on any atom is -0.347 e. The number of aryl methyl sites for hydroxylation is 1. The quantitative estimate of drug-likeness (QED) is 0.681. The number of carbonyl (C=O) groups is 1. The largest absolute Gasteiger partial charge is 0.347 e. The molecule has 3 nitrogen and oxygen atoms in total. The van der Waals surface area contributed by atoms with E-state index in [1.165, 1.54) is 0 Å². The second kappa shape index (κ2) is 5.52. The average Bonchev–Trinajstić information content (AvgIpc) is 2.81. The van der Waals surface area contributed by atoms with E-state index >= 15 is 0 Å². The summed E-state index contributed by atoms with van der Waals surface area (Å²) in [6.07, 6.45) is 5.24. The predicted molar refractivity (Wildman–Crippen MR) is 84.6 cm³/mol. The van der Waals surface area contributed by atoms with Crippen LogP contribution in [0.25, 0.3) is 10.9 Å². The van der Waals surface area contributed by atoms with Gasteiger partial charge in [0.2, 0.25) is 0 Å². The van der Waals surface area contributed by atoms with Crippen LogP contribution in [0.3, 0.4) is 0 Å². The van der Waals surface area contributed by atoms with Gasteiger partial charge >= 0.3 is 0 Å². The lowest BCUT2D eigenvalue weighted by atomic mass is 9.99. The summed E-state index contributed by atoms with van der Waals surface area (Å²) in [7, 11) is 2.04. The number of carbonyl (C=O) groups excluding carboxylic acids is 1. The molecule has 3 rings (SSSR count). The molecule has 1 aromatic carbocycles. The molecule has 0 aliphatic heterocycles. The van der Waals surface area contributed by atoms with Crippen molar-refractivity contribution in [2.24, 2.45) is 7.05 Å². The molecule has 0 saturated heterocycles. The van der Waals surface area contributed by atoms with E-state index in [2.05, 4.69) is 22.5 Å². The normalized spacial score (nSPS) is 11.0. The third-order valence-electron chi connectivity index (χ3n) is 3.88. The summed E-state index contributed by atoms with van der Waals surface area (Å²) in [6, 6.07) is 11.7. The standard InChI is InChI=1S/C18H18N2O/c1-3-6-16-17(18(21)13-9-11-19-12-10-13)14-7-4-5-8-15(14)20(16)2/h4-5,7-12H,3,6H2,1-2H3. The molecule has 0 aliphatic carbocycles. The minimum absolute atomic E-state index is 0.0812. The van der Waals surface area contributed by atoms with E-state index in [-0.39, 0.29) is 5.78 Å². The van der Waals surface area contributed by atoms with Gasteiger partial charge in [0, 0.05) is 41.6 Å². The summed E-state index contributed by atoms with van der Waals surface area (Å²) < 4.78 is 2.15. The fourth-order valence-electron chi connectivity index (χ4n) is 2.88. The van der Waals surface area contributed by atoms with Gasteiger partial charge in [0.1, 0.15) is 0 Å². The fourth-order valence-corrected chi connectivity index (χ4v) is 2.88. The Balaban J connectivity index is 2.25. The molecule has 3 aromatic rings. The molecule has 0 radical (unpaired) electrons. The molecule has 0 unspecified atom stereocenters. The maximum atomic E-state index is 12.9. The average molecular weight is 278 g/mol.